The minimum atomic E-state index is -0.455. The largest absolute Gasteiger partial charge is 0.271 e. The minimum Gasteiger partial charge on any atom is -0.258 e. The molecule has 0 saturated carbocycles. The zero-order valence-electron chi connectivity index (χ0n) is 15.3. The second-order valence-electron chi connectivity index (χ2n) is 6.73. The molecule has 0 aliphatic heterocycles. The van der Waals surface area contributed by atoms with Crippen molar-refractivity contribution in [3.63, 3.8) is 0 Å². The van der Waals surface area contributed by atoms with Crippen molar-refractivity contribution in [3.05, 3.63) is 93.3 Å². The molecule has 0 unspecified atom stereocenters. The van der Waals surface area contributed by atoms with Crippen LogP contribution in [-0.2, 0) is 0 Å². The second-order valence-corrected chi connectivity index (χ2v) is 7.65. The third kappa shape index (κ3) is 3.02. The van der Waals surface area contributed by atoms with E-state index in [2.05, 4.69) is 20.9 Å². The van der Waals surface area contributed by atoms with Crippen molar-refractivity contribution in [1.82, 2.24) is 14.8 Å². The molecule has 0 fully saturated rings. The van der Waals surface area contributed by atoms with Crippen LogP contribution in [0.5, 0.6) is 0 Å². The van der Waals surface area contributed by atoms with E-state index in [1.54, 1.807) is 29.1 Å². The molecule has 6 nitrogen and oxygen atoms in total. The van der Waals surface area contributed by atoms with Crippen LogP contribution < -0.4 is 0 Å². The van der Waals surface area contributed by atoms with E-state index in [4.69, 9.17) is 5.10 Å². The summed E-state index contributed by atoms with van der Waals surface area (Å²) in [4.78, 5) is 15.3. The van der Waals surface area contributed by atoms with Gasteiger partial charge in [0.15, 0.2) is 0 Å². The Balaban J connectivity index is 1.90. The van der Waals surface area contributed by atoms with Crippen molar-refractivity contribution in [2.24, 2.45) is 0 Å². The fraction of sp³-hybridized carbons (Fsp3) is 0. The van der Waals surface area contributed by atoms with Gasteiger partial charge >= 0.3 is 0 Å². The topological polar surface area (TPSA) is 73.8 Å². The normalized spacial score (nSPS) is 11.3. The van der Waals surface area contributed by atoms with Crippen molar-refractivity contribution in [2.75, 3.05) is 0 Å². The molecular formula is C22H12BrFN4O2. The van der Waals surface area contributed by atoms with Crippen LogP contribution in [0.1, 0.15) is 0 Å². The van der Waals surface area contributed by atoms with Crippen LogP contribution in [0.3, 0.4) is 0 Å². The third-order valence-electron chi connectivity index (χ3n) is 4.85. The van der Waals surface area contributed by atoms with E-state index in [1.165, 1.54) is 24.3 Å². The summed E-state index contributed by atoms with van der Waals surface area (Å²) < 4.78 is 16.6. The number of hydrogen-bond acceptors (Lipinski definition) is 4. The summed E-state index contributed by atoms with van der Waals surface area (Å²) >= 11 is 3.48. The summed E-state index contributed by atoms with van der Waals surface area (Å²) in [6.45, 7) is 0. The average Bonchev–Trinajstić information content (AvgIpc) is 3.14. The van der Waals surface area contributed by atoms with Crippen molar-refractivity contribution in [3.8, 4) is 16.9 Å². The number of nitro benzene ring substituents is 1. The number of benzene rings is 3. The lowest BCUT2D eigenvalue weighted by molar-refractivity contribution is -0.384. The predicted molar refractivity (Wildman–Crippen MR) is 116 cm³/mol. The predicted octanol–water partition coefficient (Wildman–Crippen LogP) is 6.05. The van der Waals surface area contributed by atoms with E-state index in [1.807, 2.05) is 24.3 Å². The Morgan fingerprint density at radius 1 is 1.00 bits per heavy atom. The minimum absolute atomic E-state index is 0.0512. The van der Waals surface area contributed by atoms with Gasteiger partial charge in [0.1, 0.15) is 11.5 Å². The van der Waals surface area contributed by atoms with Gasteiger partial charge in [-0.1, -0.05) is 34.1 Å². The Labute approximate surface area is 177 Å². The monoisotopic (exact) mass is 462 g/mol. The summed E-state index contributed by atoms with van der Waals surface area (Å²) in [5, 5.41) is 17.3. The van der Waals surface area contributed by atoms with Gasteiger partial charge in [-0.05, 0) is 36.4 Å². The molecule has 0 aliphatic carbocycles. The molecule has 5 aromatic rings. The van der Waals surface area contributed by atoms with E-state index >= 15 is 0 Å². The molecule has 0 amide bonds. The fourth-order valence-corrected chi connectivity index (χ4v) is 3.93. The maximum absolute atomic E-state index is 14.1. The summed E-state index contributed by atoms with van der Waals surface area (Å²) in [6, 6.07) is 18.2. The van der Waals surface area contributed by atoms with Crippen LogP contribution >= 0.6 is 15.9 Å². The fourth-order valence-electron chi connectivity index (χ4n) is 3.53. The number of nitrogens with zero attached hydrogens (tertiary/aromatic N) is 4. The number of aromatic nitrogens is 3. The highest BCUT2D eigenvalue weighted by molar-refractivity contribution is 9.10. The van der Waals surface area contributed by atoms with Crippen molar-refractivity contribution < 1.29 is 9.31 Å². The van der Waals surface area contributed by atoms with Gasteiger partial charge in [-0.25, -0.2) is 9.07 Å². The first kappa shape index (κ1) is 18.4. The molecule has 5 rings (SSSR count). The maximum Gasteiger partial charge on any atom is 0.271 e. The molecule has 0 aliphatic rings. The van der Waals surface area contributed by atoms with Crippen molar-refractivity contribution >= 4 is 43.4 Å². The van der Waals surface area contributed by atoms with Crippen LogP contribution in [0.25, 0.3) is 38.8 Å². The molecule has 30 heavy (non-hydrogen) atoms. The van der Waals surface area contributed by atoms with E-state index < -0.39 is 10.7 Å². The first-order valence-electron chi connectivity index (χ1n) is 8.99. The van der Waals surface area contributed by atoms with Crippen LogP contribution in [0, 0.1) is 15.9 Å². The van der Waals surface area contributed by atoms with E-state index in [0.29, 0.717) is 27.8 Å². The van der Waals surface area contributed by atoms with Gasteiger partial charge in [0.2, 0.25) is 0 Å². The lowest BCUT2D eigenvalue weighted by atomic mass is 10.1. The Morgan fingerprint density at radius 3 is 2.63 bits per heavy atom. The number of rotatable bonds is 3. The second kappa shape index (κ2) is 7.00. The number of hydrogen-bond donors (Lipinski definition) is 0. The quantitative estimate of drug-likeness (QED) is 0.241. The number of halogens is 2. The Bertz CT molecular complexity index is 1460. The zero-order chi connectivity index (χ0) is 20.8. The molecule has 3 aromatic carbocycles. The average molecular weight is 463 g/mol. The number of non-ortho nitro benzene ring substituents is 1. The zero-order valence-corrected chi connectivity index (χ0v) is 16.9. The number of nitro groups is 1. The molecule has 0 atom stereocenters. The molecule has 2 aromatic heterocycles. The maximum atomic E-state index is 14.1. The first-order valence-corrected chi connectivity index (χ1v) is 9.78. The van der Waals surface area contributed by atoms with Gasteiger partial charge < -0.3 is 0 Å². The van der Waals surface area contributed by atoms with Crippen LogP contribution in [0.4, 0.5) is 10.1 Å². The molecule has 0 N–H and O–H groups in total. The summed E-state index contributed by atoms with van der Waals surface area (Å²) in [5.41, 5.74) is 3.19. The number of pyridine rings is 1. The summed E-state index contributed by atoms with van der Waals surface area (Å²) in [5.74, 6) is -0.396. The molecule has 2 heterocycles. The van der Waals surface area contributed by atoms with E-state index in [9.17, 15) is 14.5 Å². The van der Waals surface area contributed by atoms with Crippen LogP contribution in [0.15, 0.2) is 77.4 Å². The first-order chi connectivity index (χ1) is 14.5. The Hall–Kier alpha value is -3.65. The molecule has 8 heteroatoms. The molecule has 0 bridgehead atoms. The standard InChI is InChI=1S/C22H12BrFN4O2/c23-14-4-1-3-13(9-14)21-19-12-25-20-8-7-15(24)10-18(20)22(19)27(26-21)16-5-2-6-17(11-16)28(29)30/h1-12H. The Kier molecular flexibility index (Phi) is 4.29. The number of fused-ring (bicyclic) bond motifs is 3. The third-order valence-corrected chi connectivity index (χ3v) is 5.34. The molecule has 0 saturated heterocycles. The molecule has 0 spiro atoms. The van der Waals surface area contributed by atoms with Crippen LogP contribution in [0.2, 0.25) is 0 Å². The molecular weight excluding hydrogens is 451 g/mol. The molecule has 146 valence electrons. The van der Waals surface area contributed by atoms with Gasteiger partial charge in [-0.15, -0.1) is 0 Å². The molecule has 0 radical (unpaired) electrons. The Morgan fingerprint density at radius 2 is 1.83 bits per heavy atom. The van der Waals surface area contributed by atoms with Crippen molar-refractivity contribution in [2.45, 2.75) is 0 Å². The van der Waals surface area contributed by atoms with E-state index in [0.717, 1.165) is 15.4 Å². The highest BCUT2D eigenvalue weighted by atomic mass is 79.9. The lowest BCUT2D eigenvalue weighted by Gasteiger charge is -2.06. The van der Waals surface area contributed by atoms with Crippen molar-refractivity contribution in [1.29, 1.82) is 0 Å². The summed E-state index contributed by atoms with van der Waals surface area (Å²) in [7, 11) is 0. The van der Waals surface area contributed by atoms with Gasteiger partial charge in [0.05, 0.1) is 21.6 Å². The van der Waals surface area contributed by atoms with Gasteiger partial charge in [-0.3, -0.25) is 15.1 Å². The summed E-state index contributed by atoms with van der Waals surface area (Å²) in [6.07, 6.45) is 1.70. The van der Waals surface area contributed by atoms with Gasteiger partial charge in [0.25, 0.3) is 5.69 Å². The van der Waals surface area contributed by atoms with Crippen LogP contribution in [-0.4, -0.2) is 19.7 Å². The van der Waals surface area contributed by atoms with Gasteiger partial charge in [-0.2, -0.15) is 5.10 Å². The smallest absolute Gasteiger partial charge is 0.258 e. The highest BCUT2D eigenvalue weighted by Crippen LogP contribution is 2.35. The SMILES string of the molecule is O=[N+]([O-])c1cccc(-n2nc(-c3cccc(Br)c3)c3cnc4ccc(F)cc4c32)c1. The van der Waals surface area contributed by atoms with Gasteiger partial charge in [0, 0.05) is 39.1 Å². The lowest BCUT2D eigenvalue weighted by Crippen LogP contribution is -1.99. The highest BCUT2D eigenvalue weighted by Gasteiger charge is 2.19. The van der Waals surface area contributed by atoms with E-state index in [-0.39, 0.29) is 5.69 Å².